The summed E-state index contributed by atoms with van der Waals surface area (Å²) in [6, 6.07) is 0.428. The minimum absolute atomic E-state index is 0.112. The van der Waals surface area contributed by atoms with E-state index < -0.39 is 0 Å². The van der Waals surface area contributed by atoms with E-state index in [-0.39, 0.29) is 12.1 Å². The number of hydrogen-bond donors (Lipinski definition) is 1. The van der Waals surface area contributed by atoms with E-state index in [1.807, 2.05) is 7.05 Å². The molecule has 0 aliphatic carbocycles. The van der Waals surface area contributed by atoms with Crippen molar-refractivity contribution in [1.29, 1.82) is 0 Å². The van der Waals surface area contributed by atoms with Crippen molar-refractivity contribution in [2.24, 2.45) is 0 Å². The van der Waals surface area contributed by atoms with Gasteiger partial charge in [0, 0.05) is 24.9 Å². The van der Waals surface area contributed by atoms with E-state index >= 15 is 0 Å². The van der Waals surface area contributed by atoms with E-state index in [0.29, 0.717) is 24.7 Å². The van der Waals surface area contributed by atoms with Gasteiger partial charge in [0.1, 0.15) is 5.78 Å². The first kappa shape index (κ1) is 7.25. The molecular weight excluding hydrogens is 142 g/mol. The molecule has 2 fully saturated rings. The van der Waals surface area contributed by atoms with E-state index in [9.17, 15) is 9.90 Å². The van der Waals surface area contributed by atoms with Gasteiger partial charge < -0.3 is 5.11 Å². The number of ketones is 1. The molecule has 2 rings (SSSR count). The van der Waals surface area contributed by atoms with Crippen LogP contribution in [0.5, 0.6) is 0 Å². The fraction of sp³-hybridized carbons (Fsp3) is 0.875. The van der Waals surface area contributed by atoms with Crippen LogP contribution in [0.1, 0.15) is 19.3 Å². The Morgan fingerprint density at radius 1 is 1.55 bits per heavy atom. The molecule has 0 aromatic heterocycles. The van der Waals surface area contributed by atoms with Crippen molar-refractivity contribution in [3.8, 4) is 0 Å². The molecule has 2 bridgehead atoms. The minimum Gasteiger partial charge on any atom is -0.391 e. The van der Waals surface area contributed by atoms with Crippen LogP contribution >= 0.6 is 0 Å². The number of fused-ring (bicyclic) bond motifs is 2. The molecule has 0 aromatic rings. The van der Waals surface area contributed by atoms with Crippen molar-refractivity contribution >= 4 is 5.78 Å². The summed E-state index contributed by atoms with van der Waals surface area (Å²) in [6.45, 7) is 0. The van der Waals surface area contributed by atoms with Crippen LogP contribution in [0.4, 0.5) is 0 Å². The zero-order valence-electron chi connectivity index (χ0n) is 6.66. The number of piperidine rings is 1. The van der Waals surface area contributed by atoms with Crippen molar-refractivity contribution in [2.45, 2.75) is 37.5 Å². The van der Waals surface area contributed by atoms with Crippen molar-refractivity contribution in [2.75, 3.05) is 7.05 Å². The van der Waals surface area contributed by atoms with E-state index in [1.165, 1.54) is 0 Å². The highest BCUT2D eigenvalue weighted by atomic mass is 16.3. The quantitative estimate of drug-likeness (QED) is 0.526. The second kappa shape index (κ2) is 2.29. The van der Waals surface area contributed by atoms with Gasteiger partial charge in [-0.3, -0.25) is 9.69 Å². The van der Waals surface area contributed by atoms with E-state index in [4.69, 9.17) is 0 Å². The Bertz CT molecular complexity index is 193. The van der Waals surface area contributed by atoms with Crippen molar-refractivity contribution in [1.82, 2.24) is 4.90 Å². The summed E-state index contributed by atoms with van der Waals surface area (Å²) >= 11 is 0. The SMILES string of the molecule is CN1[C@@H]2CC(=O)C[C@@H]1[C@H](O)C2. The number of hydrogen-bond acceptors (Lipinski definition) is 3. The zero-order chi connectivity index (χ0) is 8.01. The van der Waals surface area contributed by atoms with Crippen LogP contribution in [0.2, 0.25) is 0 Å². The number of aliphatic hydroxyl groups is 1. The van der Waals surface area contributed by atoms with Gasteiger partial charge in [0.15, 0.2) is 0 Å². The summed E-state index contributed by atoms with van der Waals surface area (Å²) in [5.74, 6) is 0.314. The molecule has 3 nitrogen and oxygen atoms in total. The summed E-state index contributed by atoms with van der Waals surface area (Å²) in [5.41, 5.74) is 0. The average molecular weight is 155 g/mol. The number of aliphatic hydroxyl groups excluding tert-OH is 1. The molecule has 0 saturated carbocycles. The first-order valence-electron chi connectivity index (χ1n) is 4.10. The predicted octanol–water partition coefficient (Wildman–Crippen LogP) is -0.217. The van der Waals surface area contributed by atoms with Crippen molar-refractivity contribution < 1.29 is 9.90 Å². The lowest BCUT2D eigenvalue weighted by Gasteiger charge is -2.30. The minimum atomic E-state index is -0.267. The lowest BCUT2D eigenvalue weighted by molar-refractivity contribution is -0.123. The van der Waals surface area contributed by atoms with E-state index in [2.05, 4.69) is 4.90 Å². The van der Waals surface area contributed by atoms with Crippen LogP contribution in [0, 0.1) is 0 Å². The van der Waals surface area contributed by atoms with E-state index in [1.54, 1.807) is 0 Å². The van der Waals surface area contributed by atoms with Gasteiger partial charge >= 0.3 is 0 Å². The zero-order valence-corrected chi connectivity index (χ0v) is 6.66. The van der Waals surface area contributed by atoms with Crippen LogP contribution in [-0.2, 0) is 4.79 Å². The highest BCUT2D eigenvalue weighted by molar-refractivity contribution is 5.81. The summed E-state index contributed by atoms with van der Waals surface area (Å²) in [7, 11) is 2.00. The first-order valence-corrected chi connectivity index (χ1v) is 4.10. The lowest BCUT2D eigenvalue weighted by atomic mass is 10.0. The highest BCUT2D eigenvalue weighted by Crippen LogP contribution is 2.32. The molecule has 2 aliphatic heterocycles. The molecule has 0 spiro atoms. The fourth-order valence-corrected chi connectivity index (χ4v) is 2.23. The Labute approximate surface area is 66.0 Å². The van der Waals surface area contributed by atoms with Crippen LogP contribution in [0.3, 0.4) is 0 Å². The Kier molecular flexibility index (Phi) is 1.51. The van der Waals surface area contributed by atoms with Gasteiger partial charge in [-0.15, -0.1) is 0 Å². The molecule has 0 aromatic carbocycles. The molecule has 2 aliphatic rings. The molecule has 62 valence electrons. The number of carbonyl (C=O) groups excluding carboxylic acids is 1. The molecule has 2 heterocycles. The normalized spacial score (nSPS) is 44.9. The Hall–Kier alpha value is -0.410. The lowest BCUT2D eigenvalue weighted by Crippen LogP contribution is -2.42. The molecular formula is C8H13NO2. The van der Waals surface area contributed by atoms with Crippen LogP contribution in [0.25, 0.3) is 0 Å². The van der Waals surface area contributed by atoms with Gasteiger partial charge in [0.05, 0.1) is 6.10 Å². The maximum atomic E-state index is 11.1. The van der Waals surface area contributed by atoms with Crippen LogP contribution in [-0.4, -0.2) is 41.0 Å². The largest absolute Gasteiger partial charge is 0.391 e. The molecule has 3 atom stereocenters. The van der Waals surface area contributed by atoms with Gasteiger partial charge in [-0.25, -0.2) is 0 Å². The molecule has 0 amide bonds. The van der Waals surface area contributed by atoms with Crippen LogP contribution < -0.4 is 0 Å². The van der Waals surface area contributed by atoms with Gasteiger partial charge in [-0.2, -0.15) is 0 Å². The molecule has 2 saturated heterocycles. The van der Waals surface area contributed by atoms with Gasteiger partial charge in [0.2, 0.25) is 0 Å². The van der Waals surface area contributed by atoms with Crippen molar-refractivity contribution in [3.05, 3.63) is 0 Å². The van der Waals surface area contributed by atoms with Crippen LogP contribution in [0.15, 0.2) is 0 Å². The second-order valence-electron chi connectivity index (χ2n) is 3.64. The third kappa shape index (κ3) is 0.993. The smallest absolute Gasteiger partial charge is 0.136 e. The predicted molar refractivity (Wildman–Crippen MR) is 40.2 cm³/mol. The fourth-order valence-electron chi connectivity index (χ4n) is 2.23. The molecule has 0 radical (unpaired) electrons. The third-order valence-electron chi connectivity index (χ3n) is 2.96. The second-order valence-corrected chi connectivity index (χ2v) is 3.64. The first-order chi connectivity index (χ1) is 5.18. The average Bonchev–Trinajstić information content (AvgIpc) is 2.17. The summed E-state index contributed by atoms with van der Waals surface area (Å²) in [5, 5.41) is 9.49. The number of carbonyl (C=O) groups is 1. The Balaban J connectivity index is 2.20. The maximum absolute atomic E-state index is 11.1. The summed E-state index contributed by atoms with van der Waals surface area (Å²) in [4.78, 5) is 13.2. The Morgan fingerprint density at radius 2 is 2.27 bits per heavy atom. The van der Waals surface area contributed by atoms with Gasteiger partial charge in [-0.05, 0) is 13.5 Å². The number of nitrogens with zero attached hydrogens (tertiary/aromatic N) is 1. The van der Waals surface area contributed by atoms with Crippen molar-refractivity contribution in [3.63, 3.8) is 0 Å². The number of likely N-dealkylation sites (N-methyl/N-ethyl adjacent to an activating group) is 1. The monoisotopic (exact) mass is 155 g/mol. The maximum Gasteiger partial charge on any atom is 0.136 e. The number of rotatable bonds is 0. The molecule has 0 unspecified atom stereocenters. The highest BCUT2D eigenvalue weighted by Gasteiger charge is 2.43. The summed E-state index contributed by atoms with van der Waals surface area (Å²) < 4.78 is 0. The van der Waals surface area contributed by atoms with E-state index in [0.717, 1.165) is 6.42 Å². The summed E-state index contributed by atoms with van der Waals surface area (Å²) in [6.07, 6.45) is 1.71. The van der Waals surface area contributed by atoms with Gasteiger partial charge in [-0.1, -0.05) is 0 Å². The molecule has 3 heteroatoms. The third-order valence-corrected chi connectivity index (χ3v) is 2.96. The molecule has 1 N–H and O–H groups in total. The standard InChI is InChI=1S/C8H13NO2/c1-9-5-2-6(10)4-7(9)8(11)3-5/h5,7-8,11H,2-4H2,1H3/t5-,7-,8-/m1/s1. The number of Topliss-reactive ketones (excluding diaryl/α,β-unsaturated/α-hetero) is 1. The molecule has 11 heavy (non-hydrogen) atoms. The topological polar surface area (TPSA) is 40.5 Å². The van der Waals surface area contributed by atoms with Gasteiger partial charge in [0.25, 0.3) is 0 Å². The Morgan fingerprint density at radius 3 is 2.91 bits per heavy atom.